The van der Waals surface area contributed by atoms with E-state index in [0.717, 1.165) is 29.7 Å². The number of sulfonamides is 1. The molecule has 170 valence electrons. The highest BCUT2D eigenvalue weighted by Crippen LogP contribution is 2.34. The number of amides is 1. The molecular weight excluding hydrogens is 436 g/mol. The standard InChI is InChI=1S/C26H26N2O4S/c1-32-23-13-9-19(10-14-23)18-27(22-11-12-22)26(29)21-6-4-7-24(17-21)33(30,31)28-16-15-20-5-2-3-8-25(20)28/h2-10,13-14,17,22H,11-12,15-16,18H2,1H3. The number of para-hydroxylation sites is 1. The van der Waals surface area contributed by atoms with E-state index in [1.165, 1.54) is 10.4 Å². The molecule has 0 spiro atoms. The number of carbonyl (C=O) groups excluding carboxylic acids is 1. The quantitative estimate of drug-likeness (QED) is 0.527. The first kappa shape index (κ1) is 21.5. The highest BCUT2D eigenvalue weighted by molar-refractivity contribution is 7.92. The number of nitrogens with zero attached hydrogens (tertiary/aromatic N) is 2. The van der Waals surface area contributed by atoms with Crippen LogP contribution in [0.15, 0.2) is 77.7 Å². The van der Waals surface area contributed by atoms with E-state index in [2.05, 4.69) is 0 Å². The van der Waals surface area contributed by atoms with Gasteiger partial charge in [-0.15, -0.1) is 0 Å². The maximum atomic E-state index is 13.4. The summed E-state index contributed by atoms with van der Waals surface area (Å²) < 4.78 is 33.5. The van der Waals surface area contributed by atoms with Gasteiger partial charge in [-0.3, -0.25) is 9.10 Å². The van der Waals surface area contributed by atoms with Crippen LogP contribution < -0.4 is 9.04 Å². The minimum atomic E-state index is -3.76. The fourth-order valence-corrected chi connectivity index (χ4v) is 5.87. The summed E-state index contributed by atoms with van der Waals surface area (Å²) in [5, 5.41) is 0. The van der Waals surface area contributed by atoms with Crippen molar-refractivity contribution in [2.24, 2.45) is 0 Å². The third-order valence-corrected chi connectivity index (χ3v) is 8.08. The van der Waals surface area contributed by atoms with E-state index in [4.69, 9.17) is 4.74 Å². The Morgan fingerprint density at radius 2 is 1.79 bits per heavy atom. The van der Waals surface area contributed by atoms with Crippen molar-refractivity contribution in [3.63, 3.8) is 0 Å². The molecular formula is C26H26N2O4S. The third-order valence-electron chi connectivity index (χ3n) is 6.27. The Morgan fingerprint density at radius 1 is 1.03 bits per heavy atom. The monoisotopic (exact) mass is 462 g/mol. The Labute approximate surface area is 194 Å². The number of methoxy groups -OCH3 is 1. The van der Waals surface area contributed by atoms with Gasteiger partial charge in [0.05, 0.1) is 17.7 Å². The van der Waals surface area contributed by atoms with Crippen molar-refractivity contribution in [3.05, 3.63) is 89.5 Å². The van der Waals surface area contributed by atoms with E-state index >= 15 is 0 Å². The number of rotatable bonds is 7. The highest BCUT2D eigenvalue weighted by Gasteiger charge is 2.34. The first-order chi connectivity index (χ1) is 16.0. The molecule has 7 heteroatoms. The van der Waals surface area contributed by atoms with Crippen molar-refractivity contribution in [1.82, 2.24) is 4.90 Å². The Bertz CT molecular complexity index is 1280. The summed E-state index contributed by atoms with van der Waals surface area (Å²) in [5.41, 5.74) is 3.14. The minimum absolute atomic E-state index is 0.144. The lowest BCUT2D eigenvalue weighted by Gasteiger charge is -2.24. The van der Waals surface area contributed by atoms with Crippen LogP contribution in [0, 0.1) is 0 Å². The fourth-order valence-electron chi connectivity index (χ4n) is 4.32. The summed E-state index contributed by atoms with van der Waals surface area (Å²) in [5.74, 6) is 0.622. The number of carbonyl (C=O) groups is 1. The molecule has 5 rings (SSSR count). The second kappa shape index (κ2) is 8.56. The SMILES string of the molecule is COc1ccc(CN(C(=O)c2cccc(S(=O)(=O)N3CCc4ccccc43)c2)C2CC2)cc1. The number of hydrogen-bond donors (Lipinski definition) is 0. The van der Waals surface area contributed by atoms with Crippen LogP contribution in [0.25, 0.3) is 0 Å². The van der Waals surface area contributed by atoms with Gasteiger partial charge in [-0.1, -0.05) is 36.4 Å². The van der Waals surface area contributed by atoms with Gasteiger partial charge in [-0.25, -0.2) is 8.42 Å². The highest BCUT2D eigenvalue weighted by atomic mass is 32.2. The molecule has 0 saturated heterocycles. The van der Waals surface area contributed by atoms with Gasteiger partial charge in [-0.2, -0.15) is 0 Å². The van der Waals surface area contributed by atoms with E-state index in [9.17, 15) is 13.2 Å². The number of fused-ring (bicyclic) bond motifs is 1. The molecule has 1 aliphatic heterocycles. The second-order valence-electron chi connectivity index (χ2n) is 8.50. The number of ether oxygens (including phenoxy) is 1. The van der Waals surface area contributed by atoms with Crippen LogP contribution in [-0.4, -0.2) is 38.9 Å². The smallest absolute Gasteiger partial charge is 0.264 e. The minimum Gasteiger partial charge on any atom is -0.497 e. The second-order valence-corrected chi connectivity index (χ2v) is 10.4. The summed E-state index contributed by atoms with van der Waals surface area (Å²) in [6, 6.07) is 21.8. The van der Waals surface area contributed by atoms with Crippen LogP contribution in [0.3, 0.4) is 0 Å². The predicted octanol–water partition coefficient (Wildman–Crippen LogP) is 4.25. The zero-order valence-electron chi connectivity index (χ0n) is 18.5. The lowest BCUT2D eigenvalue weighted by Crippen LogP contribution is -2.33. The summed E-state index contributed by atoms with van der Waals surface area (Å²) >= 11 is 0. The average molecular weight is 463 g/mol. The third kappa shape index (κ3) is 4.20. The summed E-state index contributed by atoms with van der Waals surface area (Å²) in [6.45, 7) is 0.884. The van der Waals surface area contributed by atoms with Crippen molar-refractivity contribution in [2.45, 2.75) is 36.7 Å². The van der Waals surface area contributed by atoms with Gasteiger partial charge in [0.1, 0.15) is 5.75 Å². The van der Waals surface area contributed by atoms with Crippen LogP contribution in [0.2, 0.25) is 0 Å². The number of anilines is 1. The molecule has 0 unspecified atom stereocenters. The number of benzene rings is 3. The van der Waals surface area contributed by atoms with Crippen molar-refractivity contribution < 1.29 is 17.9 Å². The molecule has 1 aliphatic carbocycles. The van der Waals surface area contributed by atoms with Crippen molar-refractivity contribution in [1.29, 1.82) is 0 Å². The van der Waals surface area contributed by atoms with Crippen LogP contribution in [-0.2, 0) is 23.0 Å². The molecule has 1 fully saturated rings. The zero-order chi connectivity index (χ0) is 23.0. The van der Waals surface area contributed by atoms with Crippen molar-refractivity contribution in [2.75, 3.05) is 18.0 Å². The van der Waals surface area contributed by atoms with E-state index in [0.29, 0.717) is 30.8 Å². The first-order valence-electron chi connectivity index (χ1n) is 11.1. The predicted molar refractivity (Wildman–Crippen MR) is 127 cm³/mol. The van der Waals surface area contributed by atoms with Gasteiger partial charge >= 0.3 is 0 Å². The maximum Gasteiger partial charge on any atom is 0.264 e. The molecule has 1 amide bonds. The molecule has 3 aromatic carbocycles. The summed E-state index contributed by atoms with van der Waals surface area (Å²) in [6.07, 6.45) is 2.61. The van der Waals surface area contributed by atoms with Gasteiger partial charge in [0, 0.05) is 24.7 Å². The van der Waals surface area contributed by atoms with Crippen LogP contribution in [0.1, 0.15) is 34.3 Å². The zero-order valence-corrected chi connectivity index (χ0v) is 19.3. The Hall–Kier alpha value is -3.32. The normalized spacial score (nSPS) is 15.2. The Balaban J connectivity index is 1.41. The molecule has 0 aromatic heterocycles. The largest absolute Gasteiger partial charge is 0.497 e. The summed E-state index contributed by atoms with van der Waals surface area (Å²) in [7, 11) is -2.13. The van der Waals surface area contributed by atoms with E-state index in [-0.39, 0.29) is 16.8 Å². The molecule has 33 heavy (non-hydrogen) atoms. The van der Waals surface area contributed by atoms with Crippen molar-refractivity contribution in [3.8, 4) is 5.75 Å². The van der Waals surface area contributed by atoms with Gasteiger partial charge < -0.3 is 9.64 Å². The molecule has 6 nitrogen and oxygen atoms in total. The van der Waals surface area contributed by atoms with Gasteiger partial charge in [0.2, 0.25) is 0 Å². The lowest BCUT2D eigenvalue weighted by atomic mass is 10.1. The summed E-state index contributed by atoms with van der Waals surface area (Å²) in [4.78, 5) is 15.4. The van der Waals surface area contributed by atoms with Gasteiger partial charge in [0.25, 0.3) is 15.9 Å². The van der Waals surface area contributed by atoms with Crippen LogP contribution >= 0.6 is 0 Å². The molecule has 1 saturated carbocycles. The van der Waals surface area contributed by atoms with E-state index in [1.54, 1.807) is 25.3 Å². The first-order valence-corrected chi connectivity index (χ1v) is 12.6. The molecule has 0 atom stereocenters. The maximum absolute atomic E-state index is 13.4. The molecule has 0 radical (unpaired) electrons. The van der Waals surface area contributed by atoms with Crippen LogP contribution in [0.5, 0.6) is 5.75 Å². The lowest BCUT2D eigenvalue weighted by molar-refractivity contribution is 0.0729. The molecule has 0 bridgehead atoms. The molecule has 0 N–H and O–H groups in total. The van der Waals surface area contributed by atoms with Gasteiger partial charge in [-0.05, 0) is 66.8 Å². The Kier molecular flexibility index (Phi) is 5.58. The molecule has 3 aromatic rings. The fraction of sp³-hybridized carbons (Fsp3) is 0.269. The van der Waals surface area contributed by atoms with E-state index < -0.39 is 10.0 Å². The Morgan fingerprint density at radius 3 is 2.52 bits per heavy atom. The average Bonchev–Trinajstić information content (AvgIpc) is 3.60. The van der Waals surface area contributed by atoms with Gasteiger partial charge in [0.15, 0.2) is 0 Å². The van der Waals surface area contributed by atoms with Crippen molar-refractivity contribution >= 4 is 21.6 Å². The molecule has 1 heterocycles. The van der Waals surface area contributed by atoms with E-state index in [1.807, 2.05) is 53.4 Å². The van der Waals surface area contributed by atoms with Crippen LogP contribution in [0.4, 0.5) is 5.69 Å². The number of hydrogen-bond acceptors (Lipinski definition) is 4. The molecule has 2 aliphatic rings. The topological polar surface area (TPSA) is 66.9 Å².